The number of hydrogen-bond acceptors (Lipinski definition) is 5. The smallest absolute Gasteiger partial charge is 0.196 e. The molecule has 2 aromatic carbocycles. The lowest BCUT2D eigenvalue weighted by atomic mass is 9.81. The molecule has 2 aliphatic rings. The highest BCUT2D eigenvalue weighted by atomic mass is 16.2. The summed E-state index contributed by atoms with van der Waals surface area (Å²) in [5.74, 6) is -0.228. The summed E-state index contributed by atoms with van der Waals surface area (Å²) in [5, 5.41) is 4.59. The molecule has 6 nitrogen and oxygen atoms in total. The Hall–Kier alpha value is -3.09. The molecule has 5 rings (SSSR count). The highest BCUT2D eigenvalue weighted by molar-refractivity contribution is 6.33. The predicted molar refractivity (Wildman–Crippen MR) is 132 cm³/mol. The largest absolute Gasteiger partial charge is 0.297 e. The van der Waals surface area contributed by atoms with Gasteiger partial charge in [-0.3, -0.25) is 24.1 Å². The summed E-state index contributed by atoms with van der Waals surface area (Å²) in [5.41, 5.74) is 4.81. The number of benzene rings is 2. The van der Waals surface area contributed by atoms with E-state index >= 15 is 0 Å². The Balaban J connectivity index is 1.50. The summed E-state index contributed by atoms with van der Waals surface area (Å²) < 4.78 is 1.79. The zero-order valence-corrected chi connectivity index (χ0v) is 20.5. The number of aromatic nitrogens is 2. The number of ketones is 2. The SMILES string of the molecule is CCc1ccccc1CN1CCN(C2(c3c(C)nn(C)c3C)C(=O)c3ccccc3C2=O)CC1. The van der Waals surface area contributed by atoms with Gasteiger partial charge in [0.2, 0.25) is 0 Å². The fourth-order valence-corrected chi connectivity index (χ4v) is 5.88. The molecule has 2 heterocycles. The zero-order chi connectivity index (χ0) is 24.0. The number of carbonyl (C=O) groups is 2. The van der Waals surface area contributed by atoms with E-state index in [9.17, 15) is 9.59 Å². The molecule has 34 heavy (non-hydrogen) atoms. The molecule has 1 aliphatic heterocycles. The molecule has 0 radical (unpaired) electrons. The van der Waals surface area contributed by atoms with E-state index in [1.54, 1.807) is 16.8 Å². The van der Waals surface area contributed by atoms with Crippen LogP contribution < -0.4 is 0 Å². The highest BCUT2D eigenvalue weighted by Crippen LogP contribution is 2.45. The van der Waals surface area contributed by atoms with Gasteiger partial charge in [-0.2, -0.15) is 5.10 Å². The summed E-state index contributed by atoms with van der Waals surface area (Å²) in [4.78, 5) is 32.7. The number of aryl methyl sites for hydroxylation is 3. The van der Waals surface area contributed by atoms with Crippen molar-refractivity contribution in [1.82, 2.24) is 19.6 Å². The minimum absolute atomic E-state index is 0.114. The summed E-state index contributed by atoms with van der Waals surface area (Å²) in [6.07, 6.45) is 1.01. The molecule has 0 bridgehead atoms. The van der Waals surface area contributed by atoms with Crippen molar-refractivity contribution in [3.8, 4) is 0 Å². The molecule has 6 heteroatoms. The Kier molecular flexibility index (Phi) is 5.74. The lowest BCUT2D eigenvalue weighted by Crippen LogP contribution is -2.60. The number of nitrogens with zero attached hydrogens (tertiary/aromatic N) is 4. The molecule has 0 saturated carbocycles. The maximum atomic E-state index is 14.1. The molecule has 0 spiro atoms. The van der Waals surface area contributed by atoms with E-state index in [0.717, 1.165) is 43.0 Å². The summed E-state index contributed by atoms with van der Waals surface area (Å²) >= 11 is 0. The van der Waals surface area contributed by atoms with E-state index in [4.69, 9.17) is 0 Å². The van der Waals surface area contributed by atoms with E-state index < -0.39 is 5.54 Å². The lowest BCUT2D eigenvalue weighted by molar-refractivity contribution is 0.0274. The second-order valence-corrected chi connectivity index (χ2v) is 9.47. The van der Waals surface area contributed by atoms with Gasteiger partial charge >= 0.3 is 0 Å². The Labute approximate surface area is 201 Å². The Morgan fingerprint density at radius 2 is 1.41 bits per heavy atom. The van der Waals surface area contributed by atoms with Crippen molar-refractivity contribution in [3.63, 3.8) is 0 Å². The first-order valence-corrected chi connectivity index (χ1v) is 12.1. The molecular formula is C28H32N4O2. The lowest BCUT2D eigenvalue weighted by Gasteiger charge is -2.44. The molecule has 0 atom stereocenters. The van der Waals surface area contributed by atoms with Crippen molar-refractivity contribution in [1.29, 1.82) is 0 Å². The number of Topliss-reactive ketones (excluding diaryl/α,β-unsaturated/α-hetero) is 2. The van der Waals surface area contributed by atoms with Crippen molar-refractivity contribution in [3.05, 3.63) is 87.7 Å². The number of piperazine rings is 1. The van der Waals surface area contributed by atoms with E-state index in [-0.39, 0.29) is 11.6 Å². The van der Waals surface area contributed by atoms with Crippen LogP contribution in [0.5, 0.6) is 0 Å². The monoisotopic (exact) mass is 456 g/mol. The van der Waals surface area contributed by atoms with E-state index in [1.807, 2.05) is 33.0 Å². The van der Waals surface area contributed by atoms with Gasteiger partial charge in [0.15, 0.2) is 17.1 Å². The molecule has 0 N–H and O–H groups in total. The van der Waals surface area contributed by atoms with Crippen molar-refractivity contribution >= 4 is 11.6 Å². The Morgan fingerprint density at radius 3 is 1.94 bits per heavy atom. The van der Waals surface area contributed by atoms with Gasteiger partial charge in [-0.25, -0.2) is 0 Å². The van der Waals surface area contributed by atoms with Crippen LogP contribution in [-0.2, 0) is 25.6 Å². The van der Waals surface area contributed by atoms with Gasteiger partial charge in [0.25, 0.3) is 0 Å². The van der Waals surface area contributed by atoms with Crippen molar-refractivity contribution < 1.29 is 9.59 Å². The van der Waals surface area contributed by atoms with Crippen LogP contribution in [0.1, 0.15) is 55.7 Å². The fourth-order valence-electron chi connectivity index (χ4n) is 5.88. The first-order chi connectivity index (χ1) is 16.4. The molecule has 1 saturated heterocycles. The van der Waals surface area contributed by atoms with Crippen LogP contribution in [0.15, 0.2) is 48.5 Å². The van der Waals surface area contributed by atoms with Crippen LogP contribution in [-0.4, -0.2) is 57.3 Å². The number of fused-ring (bicyclic) bond motifs is 1. The van der Waals surface area contributed by atoms with Crippen molar-refractivity contribution in [2.24, 2.45) is 7.05 Å². The van der Waals surface area contributed by atoms with Crippen LogP contribution in [0.3, 0.4) is 0 Å². The molecule has 3 aromatic rings. The van der Waals surface area contributed by atoms with Crippen molar-refractivity contribution in [2.75, 3.05) is 26.2 Å². The molecule has 0 amide bonds. The summed E-state index contributed by atoms with van der Waals surface area (Å²) in [6, 6.07) is 15.8. The maximum Gasteiger partial charge on any atom is 0.196 e. The average Bonchev–Trinajstić information content (AvgIpc) is 3.24. The molecule has 176 valence electrons. The average molecular weight is 457 g/mol. The first kappa shape index (κ1) is 22.7. The minimum atomic E-state index is -1.33. The van der Waals surface area contributed by atoms with Crippen molar-refractivity contribution in [2.45, 2.75) is 39.3 Å². The highest BCUT2D eigenvalue weighted by Gasteiger charge is 2.60. The predicted octanol–water partition coefficient (Wildman–Crippen LogP) is 3.69. The Bertz CT molecular complexity index is 1230. The topological polar surface area (TPSA) is 58.4 Å². The molecule has 1 fully saturated rings. The van der Waals surface area contributed by atoms with E-state index in [2.05, 4.69) is 46.1 Å². The standard InChI is InChI=1S/C28H32N4O2/c1-5-21-10-6-7-11-22(21)18-31-14-16-32(17-15-31)28(25-19(2)29-30(4)20(25)3)26(33)23-12-8-9-13-24(23)27(28)34/h6-13H,5,14-18H2,1-4H3. The van der Waals surface area contributed by atoms with Crippen LogP contribution >= 0.6 is 0 Å². The summed E-state index contributed by atoms with van der Waals surface area (Å²) in [6.45, 7) is 9.83. The quantitative estimate of drug-likeness (QED) is 0.548. The number of rotatable bonds is 5. The van der Waals surface area contributed by atoms with Gasteiger partial charge in [0.1, 0.15) is 0 Å². The molecule has 1 aromatic heterocycles. The third kappa shape index (κ3) is 3.28. The van der Waals surface area contributed by atoms with Crippen LogP contribution in [0.25, 0.3) is 0 Å². The minimum Gasteiger partial charge on any atom is -0.297 e. The molecular weight excluding hydrogens is 424 g/mol. The zero-order valence-electron chi connectivity index (χ0n) is 20.5. The molecule has 1 aliphatic carbocycles. The van der Waals surface area contributed by atoms with Gasteiger partial charge in [-0.1, -0.05) is 55.5 Å². The third-order valence-corrected chi connectivity index (χ3v) is 7.68. The third-order valence-electron chi connectivity index (χ3n) is 7.68. The molecule has 0 unspecified atom stereocenters. The second-order valence-electron chi connectivity index (χ2n) is 9.47. The van der Waals surface area contributed by atoms with Gasteiger partial charge < -0.3 is 0 Å². The van der Waals surface area contributed by atoms with Gasteiger partial charge in [0, 0.05) is 62.2 Å². The Morgan fingerprint density at radius 1 is 0.853 bits per heavy atom. The van der Waals surface area contributed by atoms with E-state index in [1.165, 1.54) is 11.1 Å². The summed E-state index contributed by atoms with van der Waals surface area (Å²) in [7, 11) is 1.87. The van der Waals surface area contributed by atoms with Gasteiger partial charge in [0.05, 0.1) is 5.69 Å². The van der Waals surface area contributed by atoms with Crippen LogP contribution in [0, 0.1) is 13.8 Å². The van der Waals surface area contributed by atoms with Crippen LogP contribution in [0.4, 0.5) is 0 Å². The number of hydrogen-bond donors (Lipinski definition) is 0. The number of carbonyl (C=O) groups excluding carboxylic acids is 2. The van der Waals surface area contributed by atoms with Crippen LogP contribution in [0.2, 0.25) is 0 Å². The second kappa shape index (κ2) is 8.60. The van der Waals surface area contributed by atoms with E-state index in [0.29, 0.717) is 24.2 Å². The fraction of sp³-hybridized carbons (Fsp3) is 0.393. The van der Waals surface area contributed by atoms with Gasteiger partial charge in [-0.15, -0.1) is 0 Å². The maximum absolute atomic E-state index is 14.1. The van der Waals surface area contributed by atoms with Gasteiger partial charge in [-0.05, 0) is 31.4 Å². The normalized spacial score (nSPS) is 18.5. The first-order valence-electron chi connectivity index (χ1n) is 12.1.